The summed E-state index contributed by atoms with van der Waals surface area (Å²) in [5.41, 5.74) is 2.44. The van der Waals surface area contributed by atoms with Crippen LogP contribution in [0.2, 0.25) is 0 Å². The summed E-state index contributed by atoms with van der Waals surface area (Å²) in [5, 5.41) is 7.84. The second kappa shape index (κ2) is 7.61. The molecule has 2 rings (SSSR count). The zero-order chi connectivity index (χ0) is 15.2. The molecule has 0 fully saturated rings. The molecule has 1 heterocycles. The average molecular weight is 352 g/mol. The number of nitrogens with one attached hydrogen (secondary N) is 1. The van der Waals surface area contributed by atoms with Crippen LogP contribution in [0.5, 0.6) is 5.75 Å². The fourth-order valence-corrected chi connectivity index (χ4v) is 2.38. The maximum absolute atomic E-state index is 5.75. The highest BCUT2D eigenvalue weighted by molar-refractivity contribution is 9.10. The van der Waals surface area contributed by atoms with Crippen molar-refractivity contribution in [3.8, 4) is 5.75 Å². The molecular formula is C16H22BrN3O. The van der Waals surface area contributed by atoms with Gasteiger partial charge >= 0.3 is 0 Å². The molecular weight excluding hydrogens is 330 g/mol. The van der Waals surface area contributed by atoms with E-state index in [-0.39, 0.29) is 0 Å². The minimum Gasteiger partial charge on any atom is -0.492 e. The Morgan fingerprint density at radius 2 is 2.19 bits per heavy atom. The average Bonchev–Trinajstić information content (AvgIpc) is 2.78. The van der Waals surface area contributed by atoms with Gasteiger partial charge in [0, 0.05) is 28.3 Å². The zero-order valence-corrected chi connectivity index (χ0v) is 14.4. The van der Waals surface area contributed by atoms with Gasteiger partial charge in [-0.1, -0.05) is 35.8 Å². The molecule has 0 atom stereocenters. The van der Waals surface area contributed by atoms with Crippen LogP contribution < -0.4 is 10.1 Å². The molecule has 21 heavy (non-hydrogen) atoms. The van der Waals surface area contributed by atoms with Crippen LogP contribution in [0.15, 0.2) is 34.9 Å². The number of benzene rings is 1. The molecule has 4 nitrogen and oxygen atoms in total. The Morgan fingerprint density at radius 3 is 2.90 bits per heavy atom. The summed E-state index contributed by atoms with van der Waals surface area (Å²) in [5.74, 6) is 0.871. The molecule has 0 unspecified atom stereocenters. The molecule has 0 spiro atoms. The standard InChI is InChI=1S/C16H22BrN3O/c1-12(2)18-10-14-11-19-20(13(14)3)7-8-21-16-6-4-5-15(17)9-16/h4-6,9,11-12,18H,7-8,10H2,1-3H3. The van der Waals surface area contributed by atoms with Gasteiger partial charge in [-0.3, -0.25) is 4.68 Å². The van der Waals surface area contributed by atoms with Crippen LogP contribution in [0, 0.1) is 6.92 Å². The van der Waals surface area contributed by atoms with E-state index in [1.165, 1.54) is 11.3 Å². The predicted molar refractivity (Wildman–Crippen MR) is 88.6 cm³/mol. The molecule has 0 radical (unpaired) electrons. The first kappa shape index (κ1) is 16.0. The highest BCUT2D eigenvalue weighted by Crippen LogP contribution is 2.17. The number of aromatic nitrogens is 2. The van der Waals surface area contributed by atoms with Gasteiger partial charge in [0.05, 0.1) is 12.7 Å². The van der Waals surface area contributed by atoms with Crippen molar-refractivity contribution in [3.63, 3.8) is 0 Å². The number of nitrogens with zero attached hydrogens (tertiary/aromatic N) is 2. The number of rotatable bonds is 7. The third kappa shape index (κ3) is 4.86. The minimum atomic E-state index is 0.479. The van der Waals surface area contributed by atoms with Crippen molar-refractivity contribution in [2.45, 2.75) is 39.9 Å². The molecule has 0 aliphatic rings. The smallest absolute Gasteiger partial charge is 0.120 e. The first-order chi connectivity index (χ1) is 10.1. The largest absolute Gasteiger partial charge is 0.492 e. The zero-order valence-electron chi connectivity index (χ0n) is 12.8. The van der Waals surface area contributed by atoms with Gasteiger partial charge in [0.15, 0.2) is 0 Å². The van der Waals surface area contributed by atoms with Gasteiger partial charge in [0.2, 0.25) is 0 Å². The Hall–Kier alpha value is -1.33. The van der Waals surface area contributed by atoms with Gasteiger partial charge in [0.25, 0.3) is 0 Å². The van der Waals surface area contributed by atoms with E-state index in [1.54, 1.807) is 0 Å². The molecule has 5 heteroatoms. The number of hydrogen-bond acceptors (Lipinski definition) is 3. The van der Waals surface area contributed by atoms with Crippen LogP contribution in [0.3, 0.4) is 0 Å². The fraction of sp³-hybridized carbons (Fsp3) is 0.438. The molecule has 0 bridgehead atoms. The topological polar surface area (TPSA) is 39.1 Å². The number of halogens is 1. The summed E-state index contributed by atoms with van der Waals surface area (Å²) in [7, 11) is 0. The van der Waals surface area contributed by atoms with E-state index in [9.17, 15) is 0 Å². The third-order valence-corrected chi connectivity index (χ3v) is 3.77. The van der Waals surface area contributed by atoms with Crippen molar-refractivity contribution in [1.82, 2.24) is 15.1 Å². The van der Waals surface area contributed by atoms with E-state index < -0.39 is 0 Å². The lowest BCUT2D eigenvalue weighted by Gasteiger charge is -2.10. The predicted octanol–water partition coefficient (Wildman–Crippen LogP) is 3.53. The van der Waals surface area contributed by atoms with Gasteiger partial charge in [-0.05, 0) is 25.1 Å². The van der Waals surface area contributed by atoms with E-state index in [0.29, 0.717) is 12.6 Å². The van der Waals surface area contributed by atoms with Crippen molar-refractivity contribution < 1.29 is 4.74 Å². The van der Waals surface area contributed by atoms with E-state index in [2.05, 4.69) is 47.1 Å². The Balaban J connectivity index is 1.86. The van der Waals surface area contributed by atoms with Crippen LogP contribution in [0.4, 0.5) is 0 Å². The Bertz CT molecular complexity index is 581. The molecule has 1 aromatic carbocycles. The van der Waals surface area contributed by atoms with Crippen LogP contribution in [0.25, 0.3) is 0 Å². The molecule has 2 aromatic rings. The van der Waals surface area contributed by atoms with Crippen LogP contribution in [-0.2, 0) is 13.1 Å². The summed E-state index contributed by atoms with van der Waals surface area (Å²) >= 11 is 3.44. The van der Waals surface area contributed by atoms with E-state index in [0.717, 1.165) is 23.3 Å². The molecule has 0 aliphatic heterocycles. The second-order valence-electron chi connectivity index (χ2n) is 5.32. The minimum absolute atomic E-state index is 0.479. The van der Waals surface area contributed by atoms with Crippen molar-refractivity contribution in [3.05, 3.63) is 46.2 Å². The molecule has 0 amide bonds. The molecule has 0 saturated heterocycles. The van der Waals surface area contributed by atoms with Crippen LogP contribution in [-0.4, -0.2) is 22.4 Å². The van der Waals surface area contributed by atoms with Gasteiger partial charge < -0.3 is 10.1 Å². The number of hydrogen-bond donors (Lipinski definition) is 1. The van der Waals surface area contributed by atoms with Gasteiger partial charge in [-0.25, -0.2) is 0 Å². The highest BCUT2D eigenvalue weighted by atomic mass is 79.9. The van der Waals surface area contributed by atoms with Crippen molar-refractivity contribution in [2.75, 3.05) is 6.61 Å². The van der Waals surface area contributed by atoms with Crippen molar-refractivity contribution in [1.29, 1.82) is 0 Å². The van der Waals surface area contributed by atoms with Gasteiger partial charge in [0.1, 0.15) is 12.4 Å². The lowest BCUT2D eigenvalue weighted by atomic mass is 10.2. The molecule has 1 aromatic heterocycles. The molecule has 1 N–H and O–H groups in total. The maximum Gasteiger partial charge on any atom is 0.120 e. The summed E-state index contributed by atoms with van der Waals surface area (Å²) < 4.78 is 8.77. The third-order valence-electron chi connectivity index (χ3n) is 3.27. The number of ether oxygens (including phenoxy) is 1. The quantitative estimate of drug-likeness (QED) is 0.829. The van der Waals surface area contributed by atoms with E-state index in [4.69, 9.17) is 4.74 Å². The van der Waals surface area contributed by atoms with Crippen LogP contribution >= 0.6 is 15.9 Å². The molecule has 114 valence electrons. The summed E-state index contributed by atoms with van der Waals surface area (Å²) in [6, 6.07) is 8.35. The lowest BCUT2D eigenvalue weighted by Crippen LogP contribution is -2.22. The summed E-state index contributed by atoms with van der Waals surface area (Å²) in [4.78, 5) is 0. The first-order valence-electron chi connectivity index (χ1n) is 7.19. The first-order valence-corrected chi connectivity index (χ1v) is 7.98. The van der Waals surface area contributed by atoms with Crippen LogP contribution in [0.1, 0.15) is 25.1 Å². The van der Waals surface area contributed by atoms with E-state index >= 15 is 0 Å². The van der Waals surface area contributed by atoms with E-state index in [1.807, 2.05) is 35.1 Å². The highest BCUT2D eigenvalue weighted by Gasteiger charge is 2.06. The Morgan fingerprint density at radius 1 is 1.38 bits per heavy atom. The Labute approximate surface area is 134 Å². The maximum atomic E-state index is 5.75. The normalized spacial score (nSPS) is 11.1. The van der Waals surface area contributed by atoms with Gasteiger partial charge in [-0.15, -0.1) is 0 Å². The SMILES string of the molecule is Cc1c(CNC(C)C)cnn1CCOc1cccc(Br)c1. The van der Waals surface area contributed by atoms with Crippen molar-refractivity contribution in [2.24, 2.45) is 0 Å². The molecule has 0 aliphatic carbocycles. The van der Waals surface area contributed by atoms with Crippen molar-refractivity contribution >= 4 is 15.9 Å². The summed E-state index contributed by atoms with van der Waals surface area (Å²) in [6.45, 7) is 8.60. The second-order valence-corrected chi connectivity index (χ2v) is 6.24. The Kier molecular flexibility index (Phi) is 5.82. The van der Waals surface area contributed by atoms with Gasteiger partial charge in [-0.2, -0.15) is 5.10 Å². The lowest BCUT2D eigenvalue weighted by molar-refractivity contribution is 0.289. The summed E-state index contributed by atoms with van der Waals surface area (Å²) in [6.07, 6.45) is 1.93. The molecule has 0 saturated carbocycles. The fourth-order valence-electron chi connectivity index (χ4n) is 2.01. The monoisotopic (exact) mass is 351 g/mol.